The van der Waals surface area contributed by atoms with E-state index in [2.05, 4.69) is 9.97 Å². The van der Waals surface area contributed by atoms with Gasteiger partial charge in [0, 0.05) is 29.1 Å². The van der Waals surface area contributed by atoms with Crippen LogP contribution in [0.2, 0.25) is 0 Å². The van der Waals surface area contributed by atoms with Crippen LogP contribution < -0.4 is 10.5 Å². The Balaban J connectivity index is 2.08. The smallest absolute Gasteiger partial charge is 0.123 e. The molecule has 0 saturated carbocycles. The number of imidazole rings is 1. The van der Waals surface area contributed by atoms with Crippen LogP contribution in [0.15, 0.2) is 30.7 Å². The van der Waals surface area contributed by atoms with Crippen LogP contribution in [0.4, 0.5) is 5.69 Å². The van der Waals surface area contributed by atoms with Crippen molar-refractivity contribution in [1.82, 2.24) is 9.97 Å². The van der Waals surface area contributed by atoms with Gasteiger partial charge in [0.15, 0.2) is 0 Å². The SMILES string of the molecule is Nc1ccc2c(c1)C(c1cnc[nH]1)CCO2. The molecule has 0 bridgehead atoms. The summed E-state index contributed by atoms with van der Waals surface area (Å²) in [5, 5.41) is 0. The van der Waals surface area contributed by atoms with Crippen molar-refractivity contribution >= 4 is 5.69 Å². The Bertz CT molecular complexity index is 493. The van der Waals surface area contributed by atoms with Crippen molar-refractivity contribution in [3.8, 4) is 5.75 Å². The lowest BCUT2D eigenvalue weighted by atomic mass is 9.90. The summed E-state index contributed by atoms with van der Waals surface area (Å²) >= 11 is 0. The summed E-state index contributed by atoms with van der Waals surface area (Å²) in [4.78, 5) is 7.22. The molecule has 82 valence electrons. The molecule has 1 aromatic carbocycles. The fraction of sp³-hybridized carbons (Fsp3) is 0.250. The molecule has 3 N–H and O–H groups in total. The molecule has 0 aliphatic carbocycles. The maximum Gasteiger partial charge on any atom is 0.123 e. The molecule has 0 saturated heterocycles. The van der Waals surface area contributed by atoms with Crippen molar-refractivity contribution < 1.29 is 4.74 Å². The highest BCUT2D eigenvalue weighted by Crippen LogP contribution is 2.38. The molecule has 0 amide bonds. The van der Waals surface area contributed by atoms with Crippen LogP contribution in [0.5, 0.6) is 5.75 Å². The second-order valence-electron chi connectivity index (χ2n) is 3.99. The number of fused-ring (bicyclic) bond motifs is 1. The van der Waals surface area contributed by atoms with Gasteiger partial charge in [-0.2, -0.15) is 0 Å². The third-order valence-electron chi connectivity index (χ3n) is 2.97. The van der Waals surface area contributed by atoms with Gasteiger partial charge in [-0.1, -0.05) is 0 Å². The summed E-state index contributed by atoms with van der Waals surface area (Å²) in [7, 11) is 0. The third kappa shape index (κ3) is 1.43. The number of aromatic nitrogens is 2. The molecular weight excluding hydrogens is 202 g/mol. The zero-order chi connectivity index (χ0) is 11.0. The number of nitrogens with one attached hydrogen (secondary N) is 1. The van der Waals surface area contributed by atoms with E-state index in [4.69, 9.17) is 10.5 Å². The number of benzene rings is 1. The van der Waals surface area contributed by atoms with Gasteiger partial charge in [-0.25, -0.2) is 4.98 Å². The topological polar surface area (TPSA) is 63.9 Å². The monoisotopic (exact) mass is 215 g/mol. The fourth-order valence-corrected chi connectivity index (χ4v) is 2.19. The zero-order valence-electron chi connectivity index (χ0n) is 8.81. The predicted molar refractivity (Wildman–Crippen MR) is 61.4 cm³/mol. The number of aromatic amines is 1. The third-order valence-corrected chi connectivity index (χ3v) is 2.97. The highest BCUT2D eigenvalue weighted by molar-refractivity contribution is 5.51. The minimum Gasteiger partial charge on any atom is -0.493 e. The van der Waals surface area contributed by atoms with Gasteiger partial charge in [-0.05, 0) is 24.6 Å². The van der Waals surface area contributed by atoms with Crippen LogP contribution in [0.3, 0.4) is 0 Å². The van der Waals surface area contributed by atoms with Crippen molar-refractivity contribution in [2.75, 3.05) is 12.3 Å². The van der Waals surface area contributed by atoms with E-state index < -0.39 is 0 Å². The van der Waals surface area contributed by atoms with Crippen molar-refractivity contribution in [2.24, 2.45) is 0 Å². The Morgan fingerprint density at radius 1 is 1.44 bits per heavy atom. The molecular formula is C12H13N3O. The Labute approximate surface area is 93.5 Å². The maximum absolute atomic E-state index is 5.82. The molecule has 1 unspecified atom stereocenters. The number of nitrogens with zero attached hydrogens (tertiary/aromatic N) is 1. The van der Waals surface area contributed by atoms with Crippen LogP contribution in [-0.4, -0.2) is 16.6 Å². The normalized spacial score (nSPS) is 18.9. The minimum atomic E-state index is 0.315. The Morgan fingerprint density at radius 2 is 2.38 bits per heavy atom. The number of nitrogens with two attached hydrogens (primary N) is 1. The van der Waals surface area contributed by atoms with Crippen molar-refractivity contribution in [1.29, 1.82) is 0 Å². The van der Waals surface area contributed by atoms with Crippen molar-refractivity contribution in [3.05, 3.63) is 42.0 Å². The summed E-state index contributed by atoms with van der Waals surface area (Å²) in [6.07, 6.45) is 4.53. The van der Waals surface area contributed by atoms with Gasteiger partial charge >= 0.3 is 0 Å². The first-order chi connectivity index (χ1) is 7.84. The Kier molecular flexibility index (Phi) is 2.06. The van der Waals surface area contributed by atoms with Gasteiger partial charge in [0.1, 0.15) is 5.75 Å². The lowest BCUT2D eigenvalue weighted by Gasteiger charge is -2.25. The van der Waals surface area contributed by atoms with Gasteiger partial charge in [-0.3, -0.25) is 0 Å². The summed E-state index contributed by atoms with van der Waals surface area (Å²) in [5.74, 6) is 1.25. The molecule has 0 spiro atoms. The van der Waals surface area contributed by atoms with Gasteiger partial charge in [0.25, 0.3) is 0 Å². The van der Waals surface area contributed by atoms with E-state index in [1.54, 1.807) is 6.33 Å². The van der Waals surface area contributed by atoms with E-state index in [9.17, 15) is 0 Å². The largest absolute Gasteiger partial charge is 0.493 e. The van der Waals surface area contributed by atoms with Crippen LogP contribution in [0, 0.1) is 0 Å². The van der Waals surface area contributed by atoms with Gasteiger partial charge in [0.05, 0.1) is 12.9 Å². The van der Waals surface area contributed by atoms with E-state index >= 15 is 0 Å². The first kappa shape index (κ1) is 9.27. The molecule has 16 heavy (non-hydrogen) atoms. The molecule has 4 nitrogen and oxygen atoms in total. The number of ether oxygens (including phenoxy) is 1. The van der Waals surface area contributed by atoms with E-state index in [-0.39, 0.29) is 0 Å². The molecule has 1 aliphatic heterocycles. The van der Waals surface area contributed by atoms with E-state index in [0.717, 1.165) is 35.7 Å². The lowest BCUT2D eigenvalue weighted by molar-refractivity contribution is 0.276. The van der Waals surface area contributed by atoms with Crippen LogP contribution in [0.25, 0.3) is 0 Å². The fourth-order valence-electron chi connectivity index (χ4n) is 2.19. The first-order valence-corrected chi connectivity index (χ1v) is 5.35. The quantitative estimate of drug-likeness (QED) is 0.714. The van der Waals surface area contributed by atoms with Crippen molar-refractivity contribution in [2.45, 2.75) is 12.3 Å². The highest BCUT2D eigenvalue weighted by Gasteiger charge is 2.23. The molecule has 4 heteroatoms. The summed E-state index contributed by atoms with van der Waals surface area (Å²) in [5.41, 5.74) is 8.86. The number of hydrogen-bond acceptors (Lipinski definition) is 3. The van der Waals surface area contributed by atoms with E-state index in [1.807, 2.05) is 24.4 Å². The Morgan fingerprint density at radius 3 is 3.19 bits per heavy atom. The summed E-state index contributed by atoms with van der Waals surface area (Å²) in [6, 6.07) is 5.79. The molecule has 1 aromatic heterocycles. The second kappa shape index (κ2) is 3.56. The standard InChI is InChI=1S/C12H13N3O/c13-8-1-2-12-10(5-8)9(3-4-16-12)11-6-14-7-15-11/h1-2,5-7,9H,3-4,13H2,(H,14,15). The number of H-pyrrole nitrogens is 1. The lowest BCUT2D eigenvalue weighted by Crippen LogP contribution is -2.15. The minimum absolute atomic E-state index is 0.315. The number of hydrogen-bond donors (Lipinski definition) is 2. The summed E-state index contributed by atoms with van der Waals surface area (Å²) < 4.78 is 5.62. The number of nitrogen functional groups attached to an aromatic ring is 1. The van der Waals surface area contributed by atoms with Gasteiger partial charge in [0.2, 0.25) is 0 Å². The van der Waals surface area contributed by atoms with E-state index in [1.165, 1.54) is 0 Å². The first-order valence-electron chi connectivity index (χ1n) is 5.35. The average Bonchev–Trinajstić information content (AvgIpc) is 2.81. The number of anilines is 1. The van der Waals surface area contributed by atoms with Crippen LogP contribution in [0.1, 0.15) is 23.6 Å². The zero-order valence-corrected chi connectivity index (χ0v) is 8.81. The molecule has 0 radical (unpaired) electrons. The predicted octanol–water partition coefficient (Wildman–Crippen LogP) is 1.91. The molecule has 1 aliphatic rings. The maximum atomic E-state index is 5.82. The van der Waals surface area contributed by atoms with Gasteiger partial charge < -0.3 is 15.5 Å². The average molecular weight is 215 g/mol. The molecule has 3 rings (SSSR count). The Hall–Kier alpha value is -1.97. The van der Waals surface area contributed by atoms with Crippen LogP contribution in [-0.2, 0) is 0 Å². The second-order valence-corrected chi connectivity index (χ2v) is 3.99. The van der Waals surface area contributed by atoms with Crippen molar-refractivity contribution in [3.63, 3.8) is 0 Å². The summed E-state index contributed by atoms with van der Waals surface area (Å²) in [6.45, 7) is 0.737. The molecule has 0 fully saturated rings. The number of rotatable bonds is 1. The highest BCUT2D eigenvalue weighted by atomic mass is 16.5. The molecule has 2 heterocycles. The molecule has 2 aromatic rings. The van der Waals surface area contributed by atoms with Crippen LogP contribution >= 0.6 is 0 Å². The van der Waals surface area contributed by atoms with Gasteiger partial charge in [-0.15, -0.1) is 0 Å². The van der Waals surface area contributed by atoms with E-state index in [0.29, 0.717) is 5.92 Å². The molecule has 1 atom stereocenters.